The molecule has 0 radical (unpaired) electrons. The summed E-state index contributed by atoms with van der Waals surface area (Å²) in [4.78, 5) is 0. The van der Waals surface area contributed by atoms with Gasteiger partial charge in [0.2, 0.25) is 0 Å². The summed E-state index contributed by atoms with van der Waals surface area (Å²) in [5.41, 5.74) is 5.05. The zero-order valence-electron chi connectivity index (χ0n) is 8.28. The van der Waals surface area contributed by atoms with Gasteiger partial charge in [0.15, 0.2) is 0 Å². The number of nitrogens with two attached hydrogens (primary N) is 1. The number of methoxy groups -OCH3 is 1. The molecule has 7 heteroatoms. The summed E-state index contributed by atoms with van der Waals surface area (Å²) in [7, 11) is 1.30. The van der Waals surface area contributed by atoms with Gasteiger partial charge in [-0.2, -0.15) is 0 Å². The van der Waals surface area contributed by atoms with Crippen molar-refractivity contribution in [3.05, 3.63) is 22.7 Å². The highest BCUT2D eigenvalue weighted by molar-refractivity contribution is 6.32. The lowest BCUT2D eigenvalue weighted by Gasteiger charge is -2.16. The Labute approximate surface area is 103 Å². The minimum absolute atomic E-state index is 0. The van der Waals surface area contributed by atoms with Crippen molar-refractivity contribution in [2.24, 2.45) is 5.73 Å². The molecule has 0 heterocycles. The molecule has 1 atom stereocenters. The van der Waals surface area contributed by atoms with E-state index in [0.29, 0.717) is 0 Å². The van der Waals surface area contributed by atoms with Crippen molar-refractivity contribution in [2.75, 3.05) is 7.11 Å². The molecule has 0 aromatic heterocycles. The first-order valence-corrected chi connectivity index (χ1v) is 4.46. The van der Waals surface area contributed by atoms with Crippen LogP contribution in [0.5, 0.6) is 11.5 Å². The third-order valence-electron chi connectivity index (χ3n) is 1.95. The Hall–Kier alpha value is -0.780. The van der Waals surface area contributed by atoms with Crippen LogP contribution in [0.1, 0.15) is 11.6 Å². The van der Waals surface area contributed by atoms with E-state index in [1.54, 1.807) is 0 Å². The van der Waals surface area contributed by atoms with Crippen molar-refractivity contribution in [1.82, 2.24) is 0 Å². The van der Waals surface area contributed by atoms with Gasteiger partial charge in [-0.05, 0) is 12.1 Å². The van der Waals surface area contributed by atoms with E-state index in [-0.39, 0.29) is 28.7 Å². The minimum atomic E-state index is -2.80. The number of alkyl halides is 2. The molecule has 0 unspecified atom stereocenters. The van der Waals surface area contributed by atoms with Crippen LogP contribution in [-0.2, 0) is 0 Å². The zero-order valence-corrected chi connectivity index (χ0v) is 9.86. The predicted molar refractivity (Wildman–Crippen MR) is 59.8 cm³/mol. The second-order valence-corrected chi connectivity index (χ2v) is 3.28. The number of rotatable bonds is 3. The maximum Gasteiger partial charge on any atom is 0.257 e. The molecule has 0 aliphatic rings. The van der Waals surface area contributed by atoms with Crippen LogP contribution < -0.4 is 10.5 Å². The molecule has 0 amide bonds. The highest BCUT2D eigenvalue weighted by Gasteiger charge is 2.25. The summed E-state index contributed by atoms with van der Waals surface area (Å²) in [6, 6.07) is 1.09. The standard InChI is InChI=1S/C9H10ClF2NO2.ClH/c1-15-5-3-2-4(10)8(14)6(5)7(13)9(11)12;/h2-3,7,9,14H,13H2,1H3;1H/t7-;/m1./s1. The van der Waals surface area contributed by atoms with Gasteiger partial charge in [-0.3, -0.25) is 0 Å². The molecule has 0 bridgehead atoms. The third-order valence-corrected chi connectivity index (χ3v) is 2.26. The maximum absolute atomic E-state index is 12.4. The monoisotopic (exact) mass is 273 g/mol. The van der Waals surface area contributed by atoms with E-state index in [2.05, 4.69) is 0 Å². The normalized spacial score (nSPS) is 12.1. The number of benzene rings is 1. The molecule has 92 valence electrons. The third kappa shape index (κ3) is 2.87. The van der Waals surface area contributed by atoms with Crippen LogP contribution in [0.4, 0.5) is 8.78 Å². The van der Waals surface area contributed by atoms with Gasteiger partial charge in [0.05, 0.1) is 23.7 Å². The molecular weight excluding hydrogens is 263 g/mol. The summed E-state index contributed by atoms with van der Waals surface area (Å²) >= 11 is 5.59. The Morgan fingerprint density at radius 3 is 2.44 bits per heavy atom. The van der Waals surface area contributed by atoms with Gasteiger partial charge in [-0.25, -0.2) is 8.78 Å². The van der Waals surface area contributed by atoms with Crippen molar-refractivity contribution in [1.29, 1.82) is 0 Å². The van der Waals surface area contributed by atoms with E-state index in [1.807, 2.05) is 0 Å². The topological polar surface area (TPSA) is 55.5 Å². The summed E-state index contributed by atoms with van der Waals surface area (Å²) in [5.74, 6) is -0.381. The molecule has 0 saturated heterocycles. The van der Waals surface area contributed by atoms with Crippen LogP contribution in [-0.4, -0.2) is 18.6 Å². The Morgan fingerprint density at radius 2 is 2.00 bits per heavy atom. The highest BCUT2D eigenvalue weighted by Crippen LogP contribution is 2.39. The molecule has 0 aliphatic heterocycles. The van der Waals surface area contributed by atoms with Crippen LogP contribution >= 0.6 is 24.0 Å². The molecule has 3 nitrogen and oxygen atoms in total. The molecule has 0 aliphatic carbocycles. The average molecular weight is 274 g/mol. The zero-order chi connectivity index (χ0) is 11.6. The lowest BCUT2D eigenvalue weighted by Crippen LogP contribution is -2.20. The van der Waals surface area contributed by atoms with Gasteiger partial charge in [-0.15, -0.1) is 12.4 Å². The molecular formula is C9H11Cl2F2NO2. The summed E-state index contributed by atoms with van der Waals surface area (Å²) in [6.45, 7) is 0. The molecule has 1 rings (SSSR count). The SMILES string of the molecule is COc1ccc(Cl)c(O)c1[C@@H](N)C(F)F.Cl. The molecule has 0 saturated carbocycles. The Bertz CT molecular complexity index is 364. The van der Waals surface area contributed by atoms with Gasteiger partial charge in [0.25, 0.3) is 6.43 Å². The predicted octanol–water partition coefficient (Wildman–Crippen LogP) is 2.74. The molecule has 0 spiro atoms. The lowest BCUT2D eigenvalue weighted by atomic mass is 10.1. The molecule has 1 aromatic rings. The Morgan fingerprint density at radius 1 is 1.44 bits per heavy atom. The first-order chi connectivity index (χ1) is 6.99. The van der Waals surface area contributed by atoms with E-state index in [9.17, 15) is 13.9 Å². The van der Waals surface area contributed by atoms with E-state index < -0.39 is 18.2 Å². The van der Waals surface area contributed by atoms with E-state index >= 15 is 0 Å². The van der Waals surface area contributed by atoms with Gasteiger partial charge in [0.1, 0.15) is 11.5 Å². The molecule has 1 aromatic carbocycles. The van der Waals surface area contributed by atoms with E-state index in [0.717, 1.165) is 0 Å². The second kappa shape index (κ2) is 6.08. The van der Waals surface area contributed by atoms with Crippen LogP contribution in [0.25, 0.3) is 0 Å². The van der Waals surface area contributed by atoms with Gasteiger partial charge in [0, 0.05) is 0 Å². The maximum atomic E-state index is 12.4. The van der Waals surface area contributed by atoms with Crippen molar-refractivity contribution in [3.63, 3.8) is 0 Å². The van der Waals surface area contributed by atoms with Gasteiger partial charge >= 0.3 is 0 Å². The first-order valence-electron chi connectivity index (χ1n) is 4.08. The molecule has 0 fully saturated rings. The fourth-order valence-electron chi connectivity index (χ4n) is 1.19. The van der Waals surface area contributed by atoms with Gasteiger partial charge in [-0.1, -0.05) is 11.6 Å². The summed E-state index contributed by atoms with van der Waals surface area (Å²) in [5, 5.41) is 9.46. The van der Waals surface area contributed by atoms with Crippen molar-refractivity contribution in [3.8, 4) is 11.5 Å². The van der Waals surface area contributed by atoms with E-state index in [4.69, 9.17) is 22.1 Å². The summed E-state index contributed by atoms with van der Waals surface area (Å²) in [6.07, 6.45) is -2.80. The van der Waals surface area contributed by atoms with Crippen LogP contribution in [0, 0.1) is 0 Å². The number of halogens is 4. The van der Waals surface area contributed by atoms with E-state index in [1.165, 1.54) is 19.2 Å². The van der Waals surface area contributed by atoms with Crippen molar-refractivity contribution in [2.45, 2.75) is 12.5 Å². The second-order valence-electron chi connectivity index (χ2n) is 2.87. The quantitative estimate of drug-likeness (QED) is 0.891. The van der Waals surface area contributed by atoms with Crippen molar-refractivity contribution >= 4 is 24.0 Å². The van der Waals surface area contributed by atoms with Crippen LogP contribution in [0.3, 0.4) is 0 Å². The average Bonchev–Trinajstić information content (AvgIpc) is 2.20. The van der Waals surface area contributed by atoms with Crippen LogP contribution in [0.2, 0.25) is 5.02 Å². The number of hydrogen-bond donors (Lipinski definition) is 2. The smallest absolute Gasteiger partial charge is 0.257 e. The first kappa shape index (κ1) is 15.2. The van der Waals surface area contributed by atoms with Crippen molar-refractivity contribution < 1.29 is 18.6 Å². The Balaban J connectivity index is 0.00000225. The number of phenolic OH excluding ortho intramolecular Hbond substituents is 1. The van der Waals surface area contributed by atoms with Gasteiger partial charge < -0.3 is 15.6 Å². The minimum Gasteiger partial charge on any atom is -0.506 e. The fourth-order valence-corrected chi connectivity index (χ4v) is 1.35. The number of hydrogen-bond acceptors (Lipinski definition) is 3. The highest BCUT2D eigenvalue weighted by atomic mass is 35.5. The number of ether oxygens (including phenoxy) is 1. The lowest BCUT2D eigenvalue weighted by molar-refractivity contribution is 0.114. The largest absolute Gasteiger partial charge is 0.506 e. The molecule has 3 N–H and O–H groups in total. The summed E-state index contributed by atoms with van der Waals surface area (Å²) < 4.78 is 29.6. The van der Waals surface area contributed by atoms with Crippen LogP contribution in [0.15, 0.2) is 12.1 Å². The number of aromatic hydroxyl groups is 1. The fraction of sp³-hybridized carbons (Fsp3) is 0.333. The number of phenols is 1. The Kier molecular flexibility index (Phi) is 5.78. The molecule has 16 heavy (non-hydrogen) atoms.